The molecule has 1 heterocycles. The number of hydrogen-bond acceptors (Lipinski definition) is 2. The van der Waals surface area contributed by atoms with Gasteiger partial charge in [-0.3, -0.25) is 0 Å². The second-order valence-corrected chi connectivity index (χ2v) is 3.46. The molecule has 0 aromatic carbocycles. The Labute approximate surface area is 86.9 Å². The molecule has 68 valence electrons. The van der Waals surface area contributed by atoms with Crippen molar-refractivity contribution in [2.75, 3.05) is 5.32 Å². The van der Waals surface area contributed by atoms with Crippen LogP contribution in [0.1, 0.15) is 13.3 Å². The van der Waals surface area contributed by atoms with E-state index in [0.717, 1.165) is 16.7 Å². The molecule has 0 aliphatic rings. The SMILES string of the molecule is C#CC(CC)Nc1ncccc1Br. The summed E-state index contributed by atoms with van der Waals surface area (Å²) in [6.07, 6.45) is 7.95. The summed E-state index contributed by atoms with van der Waals surface area (Å²) < 4.78 is 0.934. The third-order valence-electron chi connectivity index (χ3n) is 1.68. The van der Waals surface area contributed by atoms with E-state index in [1.807, 2.05) is 19.1 Å². The van der Waals surface area contributed by atoms with Crippen molar-refractivity contribution in [3.8, 4) is 12.3 Å². The average Bonchev–Trinajstić information content (AvgIpc) is 2.17. The van der Waals surface area contributed by atoms with Gasteiger partial charge in [-0.1, -0.05) is 12.8 Å². The molecule has 0 radical (unpaired) electrons. The number of rotatable bonds is 3. The van der Waals surface area contributed by atoms with Gasteiger partial charge in [0.2, 0.25) is 0 Å². The molecule has 0 spiro atoms. The summed E-state index contributed by atoms with van der Waals surface area (Å²) >= 11 is 3.39. The Morgan fingerprint density at radius 3 is 3.08 bits per heavy atom. The molecule has 1 atom stereocenters. The number of nitrogens with zero attached hydrogens (tertiary/aromatic N) is 1. The molecule has 2 nitrogen and oxygen atoms in total. The van der Waals surface area contributed by atoms with Crippen molar-refractivity contribution < 1.29 is 0 Å². The standard InChI is InChI=1S/C10H11BrN2/c1-3-8(4-2)13-10-9(11)6-5-7-12-10/h1,5-8H,4H2,2H3,(H,12,13). The second kappa shape index (κ2) is 4.88. The average molecular weight is 239 g/mol. The van der Waals surface area contributed by atoms with E-state index in [0.29, 0.717) is 0 Å². The molecule has 1 N–H and O–H groups in total. The van der Waals surface area contributed by atoms with E-state index in [2.05, 4.69) is 32.2 Å². The predicted octanol–water partition coefficient (Wildman–Crippen LogP) is 2.67. The number of hydrogen-bond donors (Lipinski definition) is 1. The number of nitrogens with one attached hydrogen (secondary N) is 1. The summed E-state index contributed by atoms with van der Waals surface area (Å²) in [6, 6.07) is 3.84. The van der Waals surface area contributed by atoms with Crippen molar-refractivity contribution in [1.29, 1.82) is 0 Å². The number of aromatic nitrogens is 1. The minimum absolute atomic E-state index is 0.0474. The highest BCUT2D eigenvalue weighted by Crippen LogP contribution is 2.19. The monoisotopic (exact) mass is 238 g/mol. The van der Waals surface area contributed by atoms with Gasteiger partial charge in [0, 0.05) is 6.20 Å². The Bertz CT molecular complexity index is 317. The predicted molar refractivity (Wildman–Crippen MR) is 58.5 cm³/mol. The number of pyridine rings is 1. The first-order valence-corrected chi connectivity index (χ1v) is 4.90. The van der Waals surface area contributed by atoms with E-state index in [1.165, 1.54) is 0 Å². The summed E-state index contributed by atoms with van der Waals surface area (Å²) in [5, 5.41) is 3.15. The first-order valence-electron chi connectivity index (χ1n) is 4.11. The van der Waals surface area contributed by atoms with Crippen LogP contribution >= 0.6 is 15.9 Å². The molecule has 3 heteroatoms. The zero-order chi connectivity index (χ0) is 9.68. The highest BCUT2D eigenvalue weighted by Gasteiger charge is 2.04. The highest BCUT2D eigenvalue weighted by atomic mass is 79.9. The molecule has 1 aromatic rings. The Morgan fingerprint density at radius 2 is 2.54 bits per heavy atom. The maximum Gasteiger partial charge on any atom is 0.141 e. The lowest BCUT2D eigenvalue weighted by atomic mass is 10.2. The van der Waals surface area contributed by atoms with E-state index in [-0.39, 0.29) is 6.04 Å². The molecule has 0 saturated heterocycles. The molecule has 0 aliphatic carbocycles. The lowest BCUT2D eigenvalue weighted by Gasteiger charge is -2.11. The van der Waals surface area contributed by atoms with E-state index >= 15 is 0 Å². The van der Waals surface area contributed by atoms with Crippen LogP contribution < -0.4 is 5.32 Å². The topological polar surface area (TPSA) is 24.9 Å². The largest absolute Gasteiger partial charge is 0.356 e. The lowest BCUT2D eigenvalue weighted by molar-refractivity contribution is 0.850. The third kappa shape index (κ3) is 2.74. The lowest BCUT2D eigenvalue weighted by Crippen LogP contribution is -2.16. The molecule has 0 aliphatic heterocycles. The molecule has 1 rings (SSSR count). The van der Waals surface area contributed by atoms with Crippen LogP contribution in [0.5, 0.6) is 0 Å². The van der Waals surface area contributed by atoms with Crippen molar-refractivity contribution in [1.82, 2.24) is 4.98 Å². The molecule has 0 saturated carbocycles. The first kappa shape index (κ1) is 10.1. The van der Waals surface area contributed by atoms with Crippen molar-refractivity contribution in [3.63, 3.8) is 0 Å². The number of terminal acetylenes is 1. The van der Waals surface area contributed by atoms with Gasteiger partial charge in [-0.2, -0.15) is 0 Å². The molecule has 0 bridgehead atoms. The molecule has 0 amide bonds. The molecule has 1 aromatic heterocycles. The quantitative estimate of drug-likeness (QED) is 0.820. The van der Waals surface area contributed by atoms with Gasteiger partial charge in [0.15, 0.2) is 0 Å². The molecular formula is C10H11BrN2. The fourth-order valence-corrected chi connectivity index (χ4v) is 1.29. The van der Waals surface area contributed by atoms with Crippen molar-refractivity contribution >= 4 is 21.7 Å². The second-order valence-electron chi connectivity index (χ2n) is 2.61. The zero-order valence-corrected chi connectivity index (χ0v) is 9.01. The van der Waals surface area contributed by atoms with E-state index in [4.69, 9.17) is 6.42 Å². The zero-order valence-electron chi connectivity index (χ0n) is 7.42. The summed E-state index contributed by atoms with van der Waals surface area (Å²) in [5.41, 5.74) is 0. The summed E-state index contributed by atoms with van der Waals surface area (Å²) in [7, 11) is 0. The van der Waals surface area contributed by atoms with Gasteiger partial charge >= 0.3 is 0 Å². The van der Waals surface area contributed by atoms with Gasteiger partial charge in [-0.05, 0) is 34.5 Å². The van der Waals surface area contributed by atoms with Gasteiger partial charge in [0.05, 0.1) is 10.5 Å². The van der Waals surface area contributed by atoms with Crippen LogP contribution in [-0.4, -0.2) is 11.0 Å². The van der Waals surface area contributed by atoms with Crippen LogP contribution in [0, 0.1) is 12.3 Å². The summed E-state index contributed by atoms with van der Waals surface area (Å²) in [4.78, 5) is 4.16. The van der Waals surface area contributed by atoms with Crippen LogP contribution in [0.2, 0.25) is 0 Å². The Hall–Kier alpha value is -1.01. The van der Waals surface area contributed by atoms with Gasteiger partial charge in [0.1, 0.15) is 5.82 Å². The van der Waals surface area contributed by atoms with Crippen molar-refractivity contribution in [2.45, 2.75) is 19.4 Å². The van der Waals surface area contributed by atoms with Gasteiger partial charge < -0.3 is 5.32 Å². The molecular weight excluding hydrogens is 228 g/mol. The van der Waals surface area contributed by atoms with Crippen molar-refractivity contribution in [3.05, 3.63) is 22.8 Å². The minimum Gasteiger partial charge on any atom is -0.356 e. The van der Waals surface area contributed by atoms with Crippen LogP contribution in [0.25, 0.3) is 0 Å². The molecule has 1 unspecified atom stereocenters. The fourth-order valence-electron chi connectivity index (χ4n) is 0.919. The fraction of sp³-hybridized carbons (Fsp3) is 0.300. The smallest absolute Gasteiger partial charge is 0.141 e. The Kier molecular flexibility index (Phi) is 3.78. The number of anilines is 1. The maximum atomic E-state index is 5.33. The Balaban J connectivity index is 2.74. The minimum atomic E-state index is 0.0474. The summed E-state index contributed by atoms with van der Waals surface area (Å²) in [5.74, 6) is 3.45. The van der Waals surface area contributed by atoms with Crippen LogP contribution in [0.4, 0.5) is 5.82 Å². The molecule has 0 fully saturated rings. The Morgan fingerprint density at radius 1 is 1.77 bits per heavy atom. The van der Waals surface area contributed by atoms with Crippen LogP contribution in [0.3, 0.4) is 0 Å². The van der Waals surface area contributed by atoms with E-state index < -0.39 is 0 Å². The summed E-state index contributed by atoms with van der Waals surface area (Å²) in [6.45, 7) is 2.04. The highest BCUT2D eigenvalue weighted by molar-refractivity contribution is 9.10. The van der Waals surface area contributed by atoms with Crippen LogP contribution in [-0.2, 0) is 0 Å². The normalized spacial score (nSPS) is 11.8. The van der Waals surface area contributed by atoms with Gasteiger partial charge in [0.25, 0.3) is 0 Å². The van der Waals surface area contributed by atoms with E-state index in [9.17, 15) is 0 Å². The van der Waals surface area contributed by atoms with Crippen molar-refractivity contribution in [2.24, 2.45) is 0 Å². The van der Waals surface area contributed by atoms with E-state index in [1.54, 1.807) is 6.20 Å². The molecule has 13 heavy (non-hydrogen) atoms. The van der Waals surface area contributed by atoms with Gasteiger partial charge in [-0.15, -0.1) is 6.42 Å². The number of halogens is 1. The maximum absolute atomic E-state index is 5.33. The first-order chi connectivity index (χ1) is 6.27. The van der Waals surface area contributed by atoms with Gasteiger partial charge in [-0.25, -0.2) is 4.98 Å². The van der Waals surface area contributed by atoms with Crippen LogP contribution in [0.15, 0.2) is 22.8 Å². The third-order valence-corrected chi connectivity index (χ3v) is 2.32.